The Balaban J connectivity index is 2.03. The second-order valence-corrected chi connectivity index (χ2v) is 6.41. The highest BCUT2D eigenvalue weighted by atomic mass is 19.2. The topological polar surface area (TPSA) is 82.2 Å². The van der Waals surface area contributed by atoms with Crippen LogP contribution in [0.3, 0.4) is 0 Å². The molecule has 0 bridgehead atoms. The van der Waals surface area contributed by atoms with Crippen LogP contribution >= 0.6 is 0 Å². The highest BCUT2D eigenvalue weighted by Crippen LogP contribution is 2.24. The molecule has 0 aliphatic carbocycles. The molecule has 0 saturated heterocycles. The molecule has 0 saturated carbocycles. The quantitative estimate of drug-likeness (QED) is 0.617. The second kappa shape index (κ2) is 8.36. The van der Waals surface area contributed by atoms with Crippen LogP contribution in [0.4, 0.5) is 24.8 Å². The summed E-state index contributed by atoms with van der Waals surface area (Å²) in [6, 6.07) is 7.06. The van der Waals surface area contributed by atoms with Crippen LogP contribution in [-0.2, 0) is 13.1 Å². The number of aromatic nitrogens is 2. The summed E-state index contributed by atoms with van der Waals surface area (Å²) in [5.41, 5.74) is 6.93. The van der Waals surface area contributed by atoms with Crippen molar-refractivity contribution in [3.05, 3.63) is 81.0 Å². The summed E-state index contributed by atoms with van der Waals surface area (Å²) < 4.78 is 47.1. The van der Waals surface area contributed by atoms with E-state index in [1.165, 1.54) is 10.8 Å². The van der Waals surface area contributed by atoms with E-state index in [1.807, 2.05) is 6.92 Å². The summed E-state index contributed by atoms with van der Waals surface area (Å²) in [6.07, 6.45) is 1.45. The van der Waals surface area contributed by atoms with Crippen LogP contribution in [-0.4, -0.2) is 16.7 Å². The maximum atomic E-state index is 13.6. The summed E-state index contributed by atoms with van der Waals surface area (Å²) in [6.45, 7) is 1.72. The first-order chi connectivity index (χ1) is 13.8. The van der Waals surface area contributed by atoms with Crippen molar-refractivity contribution in [1.82, 2.24) is 9.55 Å². The molecular weight excluding hydrogens is 385 g/mol. The van der Waals surface area contributed by atoms with Crippen LogP contribution in [0.5, 0.6) is 5.75 Å². The smallest absolute Gasteiger partial charge is 0.278 e. The van der Waals surface area contributed by atoms with Crippen molar-refractivity contribution in [3.8, 4) is 5.75 Å². The number of methoxy groups -OCH3 is 1. The van der Waals surface area contributed by atoms with E-state index in [0.717, 1.165) is 17.7 Å². The van der Waals surface area contributed by atoms with Crippen molar-refractivity contribution in [3.63, 3.8) is 0 Å². The van der Waals surface area contributed by atoms with E-state index in [-0.39, 0.29) is 30.2 Å². The van der Waals surface area contributed by atoms with Crippen LogP contribution in [0.1, 0.15) is 16.7 Å². The maximum Gasteiger partial charge on any atom is 0.278 e. The van der Waals surface area contributed by atoms with Crippen LogP contribution in [0.2, 0.25) is 0 Å². The molecule has 3 rings (SSSR count). The van der Waals surface area contributed by atoms with Gasteiger partial charge in [-0.2, -0.15) is 4.98 Å². The molecular formula is C20H19F3N4O2. The number of aryl methyl sites for hydroxylation is 1. The van der Waals surface area contributed by atoms with Gasteiger partial charge in [0.1, 0.15) is 5.75 Å². The minimum atomic E-state index is -1.54. The first kappa shape index (κ1) is 20.4. The van der Waals surface area contributed by atoms with Gasteiger partial charge in [-0.15, -0.1) is 0 Å². The normalized spacial score (nSPS) is 10.8. The van der Waals surface area contributed by atoms with Gasteiger partial charge < -0.3 is 20.4 Å². The van der Waals surface area contributed by atoms with E-state index in [0.29, 0.717) is 11.4 Å². The largest absolute Gasteiger partial charge is 0.497 e. The highest BCUT2D eigenvalue weighted by molar-refractivity contribution is 5.60. The third-order valence-corrected chi connectivity index (χ3v) is 4.36. The van der Waals surface area contributed by atoms with E-state index < -0.39 is 23.0 Å². The Labute approximate surface area is 164 Å². The number of halogens is 3. The van der Waals surface area contributed by atoms with Gasteiger partial charge in [-0.3, -0.25) is 4.79 Å². The van der Waals surface area contributed by atoms with Crippen molar-refractivity contribution in [2.45, 2.75) is 20.0 Å². The van der Waals surface area contributed by atoms with E-state index in [9.17, 15) is 18.0 Å². The molecule has 9 heteroatoms. The molecule has 0 radical (unpaired) electrons. The van der Waals surface area contributed by atoms with Gasteiger partial charge in [0.15, 0.2) is 17.5 Å². The Bertz CT molecular complexity index is 1090. The molecule has 1 heterocycles. The van der Waals surface area contributed by atoms with Crippen molar-refractivity contribution >= 4 is 11.6 Å². The number of anilines is 2. The Morgan fingerprint density at radius 3 is 2.45 bits per heavy atom. The Hall–Kier alpha value is -3.33. The highest BCUT2D eigenvalue weighted by Gasteiger charge is 2.14. The second-order valence-electron chi connectivity index (χ2n) is 6.41. The SMILES string of the molecule is COc1ccc(Nc2nc(=O)c(CN)cn2Cc2cc(F)c(F)c(F)c2)c(C)c1. The van der Waals surface area contributed by atoms with Gasteiger partial charge in [0, 0.05) is 24.0 Å². The Morgan fingerprint density at radius 2 is 1.86 bits per heavy atom. The van der Waals surface area contributed by atoms with Crippen molar-refractivity contribution in [2.75, 3.05) is 12.4 Å². The van der Waals surface area contributed by atoms with E-state index in [1.54, 1.807) is 25.3 Å². The number of nitrogens with one attached hydrogen (secondary N) is 1. The summed E-state index contributed by atoms with van der Waals surface area (Å²) in [5, 5.41) is 3.04. The Kier molecular flexibility index (Phi) is 5.88. The maximum absolute atomic E-state index is 13.6. The van der Waals surface area contributed by atoms with Gasteiger partial charge in [-0.25, -0.2) is 13.2 Å². The molecule has 1 aromatic heterocycles. The number of hydrogen-bond donors (Lipinski definition) is 2. The fourth-order valence-corrected chi connectivity index (χ4v) is 2.82. The summed E-state index contributed by atoms with van der Waals surface area (Å²) in [5.74, 6) is -3.33. The first-order valence-corrected chi connectivity index (χ1v) is 8.68. The molecule has 0 aliphatic heterocycles. The van der Waals surface area contributed by atoms with Gasteiger partial charge in [-0.1, -0.05) is 0 Å². The Morgan fingerprint density at radius 1 is 1.17 bits per heavy atom. The monoisotopic (exact) mass is 404 g/mol. The van der Waals surface area contributed by atoms with Crippen molar-refractivity contribution in [1.29, 1.82) is 0 Å². The average molecular weight is 404 g/mol. The molecule has 2 aromatic carbocycles. The minimum absolute atomic E-state index is 0.0557. The number of ether oxygens (including phenoxy) is 1. The van der Waals surface area contributed by atoms with Crippen LogP contribution < -0.4 is 21.3 Å². The zero-order valence-corrected chi connectivity index (χ0v) is 15.8. The molecule has 0 fully saturated rings. The molecule has 29 heavy (non-hydrogen) atoms. The zero-order chi connectivity index (χ0) is 21.1. The lowest BCUT2D eigenvalue weighted by Crippen LogP contribution is -2.23. The molecule has 152 valence electrons. The summed E-state index contributed by atoms with van der Waals surface area (Å²) in [7, 11) is 1.55. The number of rotatable bonds is 6. The molecule has 3 N–H and O–H groups in total. The van der Waals surface area contributed by atoms with Gasteiger partial charge in [0.05, 0.1) is 13.7 Å². The zero-order valence-electron chi connectivity index (χ0n) is 15.8. The average Bonchev–Trinajstić information content (AvgIpc) is 2.69. The molecule has 6 nitrogen and oxygen atoms in total. The van der Waals surface area contributed by atoms with Gasteiger partial charge in [-0.05, 0) is 48.4 Å². The van der Waals surface area contributed by atoms with Gasteiger partial charge in [0.25, 0.3) is 5.56 Å². The predicted molar refractivity (Wildman–Crippen MR) is 103 cm³/mol. The molecule has 3 aromatic rings. The molecule has 0 spiro atoms. The first-order valence-electron chi connectivity index (χ1n) is 8.68. The standard InChI is InChI=1S/C20H19F3N4O2/c1-11-5-14(29-2)3-4-17(11)25-20-26-19(28)13(8-24)10-27(20)9-12-6-15(21)18(23)16(22)7-12/h3-7,10H,8-9,24H2,1-2H3,(H,25,26,28). The number of hydrogen-bond acceptors (Lipinski definition) is 5. The molecule has 0 aliphatic rings. The summed E-state index contributed by atoms with van der Waals surface area (Å²) in [4.78, 5) is 16.2. The molecule has 0 unspecified atom stereocenters. The number of nitrogens with two attached hydrogens (primary N) is 1. The van der Waals surface area contributed by atoms with E-state index in [4.69, 9.17) is 10.5 Å². The third kappa shape index (κ3) is 4.40. The fourth-order valence-electron chi connectivity index (χ4n) is 2.82. The summed E-state index contributed by atoms with van der Waals surface area (Å²) >= 11 is 0. The lowest BCUT2D eigenvalue weighted by atomic mass is 10.2. The van der Waals surface area contributed by atoms with Gasteiger partial charge >= 0.3 is 0 Å². The van der Waals surface area contributed by atoms with Crippen LogP contribution in [0.25, 0.3) is 0 Å². The van der Waals surface area contributed by atoms with Crippen LogP contribution in [0, 0.1) is 24.4 Å². The van der Waals surface area contributed by atoms with Crippen molar-refractivity contribution < 1.29 is 17.9 Å². The van der Waals surface area contributed by atoms with E-state index >= 15 is 0 Å². The predicted octanol–water partition coefficient (Wildman–Crippen LogP) is 3.23. The lowest BCUT2D eigenvalue weighted by molar-refractivity contribution is 0.414. The fraction of sp³-hybridized carbons (Fsp3) is 0.200. The molecule has 0 atom stereocenters. The minimum Gasteiger partial charge on any atom is -0.497 e. The van der Waals surface area contributed by atoms with Gasteiger partial charge in [0.2, 0.25) is 5.95 Å². The lowest BCUT2D eigenvalue weighted by Gasteiger charge is -2.17. The number of nitrogens with zero attached hydrogens (tertiary/aromatic N) is 2. The van der Waals surface area contributed by atoms with E-state index in [2.05, 4.69) is 10.3 Å². The van der Waals surface area contributed by atoms with Crippen LogP contribution in [0.15, 0.2) is 41.3 Å². The van der Waals surface area contributed by atoms with Crippen molar-refractivity contribution in [2.24, 2.45) is 5.73 Å². The molecule has 0 amide bonds. The number of benzene rings is 2. The third-order valence-electron chi connectivity index (χ3n) is 4.36.